The number of rotatable bonds is 12. The number of carboxylic acids is 1. The lowest BCUT2D eigenvalue weighted by atomic mass is 9.98. The van der Waals surface area contributed by atoms with Crippen LogP contribution in [0.2, 0.25) is 5.02 Å². The fourth-order valence-electron chi connectivity index (χ4n) is 6.45. The second kappa shape index (κ2) is 14.7. The van der Waals surface area contributed by atoms with Gasteiger partial charge in [-0.3, -0.25) is 19.5 Å². The highest BCUT2D eigenvalue weighted by atomic mass is 35.5. The van der Waals surface area contributed by atoms with Crippen molar-refractivity contribution in [3.63, 3.8) is 0 Å². The first-order valence-electron chi connectivity index (χ1n) is 16.5. The Kier molecular flexibility index (Phi) is 10.2. The molecule has 1 aliphatic heterocycles. The number of carbonyl (C=O) groups is 2. The van der Waals surface area contributed by atoms with Crippen molar-refractivity contribution in [1.29, 1.82) is 0 Å². The third-order valence-corrected chi connectivity index (χ3v) is 9.42. The molecule has 0 saturated carbocycles. The molecule has 0 saturated heterocycles. The van der Waals surface area contributed by atoms with Gasteiger partial charge in [-0.25, -0.2) is 9.97 Å². The van der Waals surface area contributed by atoms with Gasteiger partial charge in [0.1, 0.15) is 5.52 Å². The Bertz CT molecular complexity index is 2030. The van der Waals surface area contributed by atoms with Crippen LogP contribution in [0.4, 0.5) is 17.2 Å². The number of nitrogens with one attached hydrogen (secondary N) is 2. The molecule has 0 radical (unpaired) electrons. The zero-order chi connectivity index (χ0) is 34.7. The number of benzene rings is 2. The van der Waals surface area contributed by atoms with E-state index >= 15 is 0 Å². The summed E-state index contributed by atoms with van der Waals surface area (Å²) in [6, 6.07) is 15.6. The topological polar surface area (TPSA) is 129 Å². The number of aromatic nitrogens is 4. The second-order valence-electron chi connectivity index (χ2n) is 12.6. The number of pyridine rings is 2. The quantitative estimate of drug-likeness (QED) is 0.132. The van der Waals surface area contributed by atoms with Crippen molar-refractivity contribution < 1.29 is 14.7 Å². The van der Waals surface area contributed by atoms with Gasteiger partial charge >= 0.3 is 5.97 Å². The third-order valence-electron chi connectivity index (χ3n) is 9.02. The van der Waals surface area contributed by atoms with Crippen molar-refractivity contribution in [1.82, 2.24) is 29.3 Å². The van der Waals surface area contributed by atoms with E-state index in [-0.39, 0.29) is 12.3 Å². The standard InChI is InChI=1S/C37H41ClN8O3/c1-5-16-46(18-14-32(47)48)21-24-19-25-12-15-39-35(34(25)40-20-24)41-28-10-6-8-26(23(28)2)27-9-7-11-29(33(27)38)43-37(49)36-42-30-22-44(3)17-13-31(30)45(36)4/h6-12,15,19-20H,5,13-14,16-18,21-22H2,1-4H3,(H,39,41)(H,43,49)(H,47,48). The molecule has 1 amide bonds. The number of likely N-dealkylation sites (N-methyl/N-ethyl adjacent to an activating group) is 1. The minimum atomic E-state index is -0.799. The number of carboxylic acid groups (broad SMARTS) is 1. The SMILES string of the molecule is CCCN(CCC(=O)O)Cc1cnc2c(Nc3cccc(-c4cccc(NC(=O)c5nc6c(n5C)CCN(C)C6)c4Cl)c3C)nccc2c1. The van der Waals surface area contributed by atoms with E-state index in [4.69, 9.17) is 21.7 Å². The number of carbonyl (C=O) groups excluding carboxylic acids is 1. The molecule has 6 rings (SSSR count). The monoisotopic (exact) mass is 680 g/mol. The lowest BCUT2D eigenvalue weighted by Gasteiger charge is -2.21. The molecule has 4 heterocycles. The van der Waals surface area contributed by atoms with Crippen molar-refractivity contribution in [2.45, 2.75) is 46.2 Å². The molecule has 0 unspecified atom stereocenters. The molecule has 254 valence electrons. The molecule has 2 aromatic carbocycles. The van der Waals surface area contributed by atoms with Crippen molar-refractivity contribution in [2.24, 2.45) is 7.05 Å². The minimum Gasteiger partial charge on any atom is -0.481 e. The molecule has 49 heavy (non-hydrogen) atoms. The molecule has 3 N–H and O–H groups in total. The van der Waals surface area contributed by atoms with Gasteiger partial charge in [-0.1, -0.05) is 42.8 Å². The Balaban J connectivity index is 1.23. The van der Waals surface area contributed by atoms with Gasteiger partial charge in [-0.2, -0.15) is 0 Å². The van der Waals surface area contributed by atoms with Gasteiger partial charge < -0.3 is 25.2 Å². The van der Waals surface area contributed by atoms with Gasteiger partial charge in [0.2, 0.25) is 0 Å². The number of amides is 1. The lowest BCUT2D eigenvalue weighted by molar-refractivity contribution is -0.137. The van der Waals surface area contributed by atoms with Crippen LogP contribution in [0.15, 0.2) is 60.9 Å². The van der Waals surface area contributed by atoms with Gasteiger partial charge in [0.25, 0.3) is 5.91 Å². The number of aliphatic carboxylic acids is 1. The van der Waals surface area contributed by atoms with E-state index in [0.29, 0.717) is 35.4 Å². The van der Waals surface area contributed by atoms with Crippen LogP contribution in [0.3, 0.4) is 0 Å². The van der Waals surface area contributed by atoms with Gasteiger partial charge in [-0.15, -0.1) is 0 Å². The molecule has 0 aliphatic carbocycles. The average Bonchev–Trinajstić information content (AvgIpc) is 3.41. The van der Waals surface area contributed by atoms with Gasteiger partial charge in [0.15, 0.2) is 11.6 Å². The molecule has 0 bridgehead atoms. The first-order valence-corrected chi connectivity index (χ1v) is 16.9. The summed E-state index contributed by atoms with van der Waals surface area (Å²) in [6.07, 6.45) is 5.48. The summed E-state index contributed by atoms with van der Waals surface area (Å²) in [5, 5.41) is 17.0. The van der Waals surface area contributed by atoms with E-state index in [1.165, 1.54) is 0 Å². The fraction of sp³-hybridized carbons (Fsp3) is 0.324. The van der Waals surface area contributed by atoms with Crippen LogP contribution in [0, 0.1) is 6.92 Å². The molecule has 0 spiro atoms. The minimum absolute atomic E-state index is 0.103. The number of imidazole rings is 1. The Morgan fingerprint density at radius 3 is 2.59 bits per heavy atom. The summed E-state index contributed by atoms with van der Waals surface area (Å²) >= 11 is 6.98. The maximum Gasteiger partial charge on any atom is 0.304 e. The molecule has 11 nitrogen and oxygen atoms in total. The molecule has 12 heteroatoms. The van der Waals surface area contributed by atoms with Crippen LogP contribution in [-0.4, -0.2) is 73.0 Å². The molecule has 1 aliphatic rings. The Hall–Kier alpha value is -4.84. The highest BCUT2D eigenvalue weighted by molar-refractivity contribution is 6.36. The Morgan fingerprint density at radius 2 is 1.82 bits per heavy atom. The highest BCUT2D eigenvalue weighted by Crippen LogP contribution is 2.38. The van der Waals surface area contributed by atoms with Crippen molar-refractivity contribution in [3.05, 3.63) is 94.3 Å². The van der Waals surface area contributed by atoms with Crippen LogP contribution in [0.25, 0.3) is 22.0 Å². The van der Waals surface area contributed by atoms with Gasteiger partial charge in [0.05, 0.1) is 22.8 Å². The van der Waals surface area contributed by atoms with E-state index in [1.54, 1.807) is 12.3 Å². The maximum absolute atomic E-state index is 13.4. The lowest BCUT2D eigenvalue weighted by Crippen LogP contribution is -2.27. The van der Waals surface area contributed by atoms with Crippen LogP contribution in [-0.2, 0) is 31.4 Å². The van der Waals surface area contributed by atoms with Crippen LogP contribution in [0.5, 0.6) is 0 Å². The zero-order valence-corrected chi connectivity index (χ0v) is 29.0. The number of anilines is 3. The maximum atomic E-state index is 13.4. The fourth-order valence-corrected chi connectivity index (χ4v) is 6.72. The smallest absolute Gasteiger partial charge is 0.304 e. The summed E-state index contributed by atoms with van der Waals surface area (Å²) in [6.45, 7) is 7.68. The van der Waals surface area contributed by atoms with E-state index in [9.17, 15) is 9.59 Å². The number of hydrogen-bond acceptors (Lipinski definition) is 8. The van der Waals surface area contributed by atoms with E-state index < -0.39 is 5.97 Å². The normalized spacial score (nSPS) is 13.1. The van der Waals surface area contributed by atoms with Crippen molar-refractivity contribution in [3.8, 4) is 11.1 Å². The average molecular weight is 681 g/mol. The number of nitrogens with zero attached hydrogens (tertiary/aromatic N) is 6. The van der Waals surface area contributed by atoms with Crippen LogP contribution >= 0.6 is 11.6 Å². The third kappa shape index (κ3) is 7.44. The first-order chi connectivity index (χ1) is 23.6. The number of fused-ring (bicyclic) bond motifs is 2. The first kappa shape index (κ1) is 34.0. The van der Waals surface area contributed by atoms with Crippen LogP contribution < -0.4 is 10.6 Å². The molecule has 0 atom stereocenters. The molecule has 0 fully saturated rings. The number of halogens is 1. The Labute approximate surface area is 291 Å². The van der Waals surface area contributed by atoms with E-state index in [1.807, 2.05) is 61.1 Å². The van der Waals surface area contributed by atoms with Gasteiger partial charge in [0, 0.05) is 74.4 Å². The van der Waals surface area contributed by atoms with Gasteiger partial charge in [-0.05, 0) is 67.9 Å². The molecular formula is C37H41ClN8O3. The molecule has 5 aromatic rings. The molecule has 3 aromatic heterocycles. The molecular weight excluding hydrogens is 640 g/mol. The second-order valence-corrected chi connectivity index (χ2v) is 13.0. The summed E-state index contributed by atoms with van der Waals surface area (Å²) in [7, 11) is 3.94. The van der Waals surface area contributed by atoms with Crippen molar-refractivity contribution >= 4 is 51.6 Å². The summed E-state index contributed by atoms with van der Waals surface area (Å²) in [5.74, 6) is -0.116. The predicted octanol–water partition coefficient (Wildman–Crippen LogP) is 6.66. The predicted molar refractivity (Wildman–Crippen MR) is 193 cm³/mol. The summed E-state index contributed by atoms with van der Waals surface area (Å²) < 4.78 is 1.88. The van der Waals surface area contributed by atoms with E-state index in [0.717, 1.165) is 82.7 Å². The summed E-state index contributed by atoms with van der Waals surface area (Å²) in [4.78, 5) is 42.9. The highest BCUT2D eigenvalue weighted by Gasteiger charge is 2.25. The van der Waals surface area contributed by atoms with Crippen molar-refractivity contribution in [2.75, 3.05) is 37.3 Å². The van der Waals surface area contributed by atoms with E-state index in [2.05, 4.69) is 50.4 Å². The number of hydrogen-bond donors (Lipinski definition) is 3. The largest absolute Gasteiger partial charge is 0.481 e. The summed E-state index contributed by atoms with van der Waals surface area (Å²) in [5.41, 5.74) is 7.78. The Morgan fingerprint density at radius 1 is 1.04 bits per heavy atom. The zero-order valence-electron chi connectivity index (χ0n) is 28.3. The van der Waals surface area contributed by atoms with Crippen LogP contribution in [0.1, 0.15) is 52.9 Å².